The van der Waals surface area contributed by atoms with Crippen LogP contribution < -0.4 is 16.2 Å². The van der Waals surface area contributed by atoms with Crippen LogP contribution in [0.2, 0.25) is 0 Å². The molecule has 166 valence electrons. The second kappa shape index (κ2) is 11.8. The quantitative estimate of drug-likeness (QED) is 0.496. The lowest BCUT2D eigenvalue weighted by Crippen LogP contribution is -2.33. The molecular weight excluding hydrogens is 402 g/mol. The van der Waals surface area contributed by atoms with Crippen LogP contribution in [0.1, 0.15) is 43.6 Å². The molecule has 0 atom stereocenters. The van der Waals surface area contributed by atoms with Gasteiger partial charge in [0, 0.05) is 24.4 Å². The summed E-state index contributed by atoms with van der Waals surface area (Å²) in [7, 11) is 0. The highest BCUT2D eigenvalue weighted by Crippen LogP contribution is 2.25. The van der Waals surface area contributed by atoms with Crippen LogP contribution in [0.15, 0.2) is 11.1 Å². The number of fused-ring (bicyclic) bond motifs is 1. The molecule has 0 aromatic carbocycles. The fourth-order valence-electron chi connectivity index (χ4n) is 3.23. The largest absolute Gasteiger partial charge is 0.356 e. The van der Waals surface area contributed by atoms with Crippen molar-refractivity contribution in [3.63, 3.8) is 0 Å². The van der Waals surface area contributed by atoms with Gasteiger partial charge in [0.05, 0.1) is 11.7 Å². The third-order valence-electron chi connectivity index (χ3n) is 5.24. The molecule has 0 aliphatic rings. The first-order valence-electron chi connectivity index (χ1n) is 10.6. The van der Waals surface area contributed by atoms with Crippen LogP contribution in [-0.4, -0.2) is 59.0 Å². The highest BCUT2D eigenvalue weighted by atomic mass is 32.1. The van der Waals surface area contributed by atoms with Gasteiger partial charge in [-0.2, -0.15) is 0 Å². The van der Waals surface area contributed by atoms with Crippen LogP contribution in [-0.2, 0) is 16.1 Å². The molecule has 2 rings (SSSR count). The third-order valence-corrected chi connectivity index (χ3v) is 6.36. The van der Waals surface area contributed by atoms with Crippen molar-refractivity contribution in [3.05, 3.63) is 27.1 Å². The van der Waals surface area contributed by atoms with Crippen molar-refractivity contribution < 1.29 is 9.59 Å². The van der Waals surface area contributed by atoms with E-state index in [2.05, 4.69) is 34.4 Å². The maximum absolute atomic E-state index is 12.6. The summed E-state index contributed by atoms with van der Waals surface area (Å²) in [4.78, 5) is 45.0. The Balaban J connectivity index is 1.69. The van der Waals surface area contributed by atoms with E-state index in [1.54, 1.807) is 0 Å². The molecule has 2 heterocycles. The molecule has 0 bridgehead atoms. The van der Waals surface area contributed by atoms with Crippen LogP contribution in [0, 0.1) is 13.8 Å². The lowest BCUT2D eigenvalue weighted by Gasteiger charge is -2.17. The van der Waals surface area contributed by atoms with E-state index in [0.717, 1.165) is 36.5 Å². The number of hydrogen-bond acceptors (Lipinski definition) is 6. The van der Waals surface area contributed by atoms with E-state index in [-0.39, 0.29) is 23.9 Å². The molecule has 0 spiro atoms. The molecule has 30 heavy (non-hydrogen) atoms. The van der Waals surface area contributed by atoms with Crippen molar-refractivity contribution in [3.8, 4) is 0 Å². The average Bonchev–Trinajstić information content (AvgIpc) is 3.02. The number of aryl methyl sites for hydroxylation is 2. The summed E-state index contributed by atoms with van der Waals surface area (Å²) >= 11 is 1.49. The van der Waals surface area contributed by atoms with E-state index in [0.29, 0.717) is 36.1 Å². The number of rotatable bonds is 12. The molecule has 2 aromatic heterocycles. The Bertz CT molecular complexity index is 917. The molecule has 0 radical (unpaired) electrons. The summed E-state index contributed by atoms with van der Waals surface area (Å²) in [5, 5.41) is 6.27. The summed E-state index contributed by atoms with van der Waals surface area (Å²) in [5.74, 6) is -0.263. The highest BCUT2D eigenvalue weighted by Gasteiger charge is 2.13. The second-order valence-corrected chi connectivity index (χ2v) is 8.53. The number of nitrogens with one attached hydrogen (secondary N) is 2. The third kappa shape index (κ3) is 6.63. The number of nitrogens with zero attached hydrogens (tertiary/aromatic N) is 3. The predicted molar refractivity (Wildman–Crippen MR) is 121 cm³/mol. The first kappa shape index (κ1) is 24.0. The normalized spacial score (nSPS) is 11.2. The van der Waals surface area contributed by atoms with Crippen LogP contribution in [0.25, 0.3) is 10.2 Å². The van der Waals surface area contributed by atoms with Crippen molar-refractivity contribution in [2.75, 3.05) is 32.7 Å². The number of carbonyl (C=O) groups is 2. The first-order valence-corrected chi connectivity index (χ1v) is 11.4. The highest BCUT2D eigenvalue weighted by molar-refractivity contribution is 7.18. The van der Waals surface area contributed by atoms with Gasteiger partial charge in [0.15, 0.2) is 0 Å². The monoisotopic (exact) mass is 435 g/mol. The first-order chi connectivity index (χ1) is 14.4. The topological polar surface area (TPSA) is 96.3 Å². The summed E-state index contributed by atoms with van der Waals surface area (Å²) in [6.45, 7) is 12.1. The lowest BCUT2D eigenvalue weighted by molar-refractivity contribution is -0.123. The Labute approximate surface area is 181 Å². The lowest BCUT2D eigenvalue weighted by atomic mass is 10.2. The van der Waals surface area contributed by atoms with Gasteiger partial charge in [-0.1, -0.05) is 13.8 Å². The van der Waals surface area contributed by atoms with Crippen molar-refractivity contribution >= 4 is 33.4 Å². The van der Waals surface area contributed by atoms with Gasteiger partial charge < -0.3 is 15.5 Å². The predicted octanol–water partition coefficient (Wildman–Crippen LogP) is 1.82. The number of amides is 2. The Morgan fingerprint density at radius 3 is 2.47 bits per heavy atom. The number of thiophene rings is 1. The van der Waals surface area contributed by atoms with Gasteiger partial charge in [-0.3, -0.25) is 19.0 Å². The fourth-order valence-corrected chi connectivity index (χ4v) is 4.22. The van der Waals surface area contributed by atoms with Crippen molar-refractivity contribution in [2.24, 2.45) is 0 Å². The zero-order valence-electron chi connectivity index (χ0n) is 18.4. The Kier molecular flexibility index (Phi) is 9.45. The van der Waals surface area contributed by atoms with E-state index >= 15 is 0 Å². The molecule has 0 aliphatic carbocycles. The summed E-state index contributed by atoms with van der Waals surface area (Å²) < 4.78 is 1.33. The minimum absolute atomic E-state index is 0.00188. The molecule has 0 aliphatic heterocycles. The maximum Gasteiger partial charge on any atom is 0.262 e. The van der Waals surface area contributed by atoms with Crippen LogP contribution in [0.3, 0.4) is 0 Å². The molecule has 2 aromatic rings. The molecule has 0 saturated carbocycles. The Morgan fingerprint density at radius 2 is 1.77 bits per heavy atom. The van der Waals surface area contributed by atoms with Gasteiger partial charge in [-0.05, 0) is 51.9 Å². The van der Waals surface area contributed by atoms with Gasteiger partial charge >= 0.3 is 0 Å². The molecular formula is C21H33N5O3S. The van der Waals surface area contributed by atoms with E-state index in [4.69, 9.17) is 0 Å². The number of aromatic nitrogens is 2. The number of carbonyl (C=O) groups excluding carboxylic acids is 2. The van der Waals surface area contributed by atoms with Crippen molar-refractivity contribution in [1.29, 1.82) is 0 Å². The Hall–Kier alpha value is -2.26. The zero-order chi connectivity index (χ0) is 22.1. The van der Waals surface area contributed by atoms with E-state index < -0.39 is 0 Å². The summed E-state index contributed by atoms with van der Waals surface area (Å²) in [6.07, 6.45) is 3.28. The summed E-state index contributed by atoms with van der Waals surface area (Å²) in [5.41, 5.74) is 0.728. The average molecular weight is 436 g/mol. The van der Waals surface area contributed by atoms with Gasteiger partial charge in [0.25, 0.3) is 5.56 Å². The molecule has 8 nitrogen and oxygen atoms in total. The molecule has 0 saturated heterocycles. The van der Waals surface area contributed by atoms with Crippen molar-refractivity contribution in [1.82, 2.24) is 25.1 Å². The smallest absolute Gasteiger partial charge is 0.262 e. The maximum atomic E-state index is 12.6. The molecule has 2 amide bonds. The van der Waals surface area contributed by atoms with Gasteiger partial charge in [-0.25, -0.2) is 4.98 Å². The van der Waals surface area contributed by atoms with Crippen molar-refractivity contribution in [2.45, 2.75) is 53.5 Å². The zero-order valence-corrected chi connectivity index (χ0v) is 19.2. The van der Waals surface area contributed by atoms with E-state index in [1.807, 2.05) is 13.8 Å². The van der Waals surface area contributed by atoms with Gasteiger partial charge in [0.2, 0.25) is 11.8 Å². The van der Waals surface area contributed by atoms with Crippen LogP contribution in [0.5, 0.6) is 0 Å². The van der Waals surface area contributed by atoms with Crippen LogP contribution >= 0.6 is 11.3 Å². The minimum atomic E-state index is -0.262. The molecule has 2 N–H and O–H groups in total. The molecule has 9 heteroatoms. The molecule has 0 fully saturated rings. The van der Waals surface area contributed by atoms with E-state index in [1.165, 1.54) is 22.2 Å². The second-order valence-electron chi connectivity index (χ2n) is 7.32. The van der Waals surface area contributed by atoms with Gasteiger partial charge in [0.1, 0.15) is 11.4 Å². The van der Waals surface area contributed by atoms with Crippen LogP contribution in [0.4, 0.5) is 0 Å². The van der Waals surface area contributed by atoms with Gasteiger partial charge in [-0.15, -0.1) is 11.3 Å². The number of hydrogen-bond donors (Lipinski definition) is 2. The standard InChI is InChI=1S/C21H33N5O3S/c1-5-25(6-2)12-8-11-22-17(27)9-7-10-23-18(28)13-26-14-24-20-19(21(26)29)15(3)16(4)30-20/h14H,5-13H2,1-4H3,(H,22,27)(H,23,28). The molecule has 0 unspecified atom stereocenters. The Morgan fingerprint density at radius 1 is 1.10 bits per heavy atom. The minimum Gasteiger partial charge on any atom is -0.356 e. The summed E-state index contributed by atoms with van der Waals surface area (Å²) in [6, 6.07) is 0. The fraction of sp³-hybridized carbons (Fsp3) is 0.619. The SMILES string of the molecule is CCN(CC)CCCNC(=O)CCCNC(=O)Cn1cnc2sc(C)c(C)c2c1=O. The van der Waals surface area contributed by atoms with E-state index in [9.17, 15) is 14.4 Å².